The van der Waals surface area contributed by atoms with Gasteiger partial charge in [-0.25, -0.2) is 0 Å². The van der Waals surface area contributed by atoms with Crippen molar-refractivity contribution in [2.75, 3.05) is 5.32 Å². The van der Waals surface area contributed by atoms with Crippen LogP contribution in [0.3, 0.4) is 0 Å². The molecule has 2 aromatic carbocycles. The summed E-state index contributed by atoms with van der Waals surface area (Å²) in [6.45, 7) is 6.07. The monoisotopic (exact) mass is 235 g/mol. The van der Waals surface area contributed by atoms with Crippen molar-refractivity contribution in [2.45, 2.75) is 6.92 Å². The van der Waals surface area contributed by atoms with Crippen molar-refractivity contribution in [3.8, 4) is 0 Å². The van der Waals surface area contributed by atoms with E-state index in [1.54, 1.807) is 0 Å². The van der Waals surface area contributed by atoms with Gasteiger partial charge < -0.3 is 5.32 Å². The molecule has 2 aromatic rings. The van der Waals surface area contributed by atoms with E-state index in [1.165, 1.54) is 5.56 Å². The highest BCUT2D eigenvalue weighted by Crippen LogP contribution is 2.17. The summed E-state index contributed by atoms with van der Waals surface area (Å²) < 4.78 is 0. The van der Waals surface area contributed by atoms with Gasteiger partial charge in [-0.05, 0) is 30.2 Å². The molecule has 0 fully saturated rings. The summed E-state index contributed by atoms with van der Waals surface area (Å²) in [6, 6.07) is 18.4. The highest BCUT2D eigenvalue weighted by Gasteiger charge is 1.98. The molecule has 0 radical (unpaired) electrons. The lowest BCUT2D eigenvalue weighted by Crippen LogP contribution is -1.96. The van der Waals surface area contributed by atoms with Gasteiger partial charge in [-0.2, -0.15) is 0 Å². The van der Waals surface area contributed by atoms with Crippen LogP contribution in [0.5, 0.6) is 0 Å². The third-order valence-corrected chi connectivity index (χ3v) is 2.69. The summed E-state index contributed by atoms with van der Waals surface area (Å²) in [5.74, 6) is 0. The minimum Gasteiger partial charge on any atom is -0.356 e. The first-order valence-corrected chi connectivity index (χ1v) is 6.03. The molecule has 0 aromatic heterocycles. The van der Waals surface area contributed by atoms with E-state index in [-0.39, 0.29) is 0 Å². The minimum atomic E-state index is 0.911. The predicted octanol–water partition coefficient (Wildman–Crippen LogP) is 4.80. The van der Waals surface area contributed by atoms with E-state index in [0.29, 0.717) is 0 Å². The van der Waals surface area contributed by atoms with Crippen LogP contribution in [0.4, 0.5) is 5.69 Å². The van der Waals surface area contributed by atoms with E-state index in [1.807, 2.05) is 43.3 Å². The van der Waals surface area contributed by atoms with Crippen molar-refractivity contribution < 1.29 is 0 Å². The van der Waals surface area contributed by atoms with Crippen molar-refractivity contribution in [1.29, 1.82) is 0 Å². The molecule has 0 spiro atoms. The third kappa shape index (κ3) is 3.11. The lowest BCUT2D eigenvalue weighted by atomic mass is 10.1. The average molecular weight is 235 g/mol. The van der Waals surface area contributed by atoms with Crippen LogP contribution in [0.1, 0.15) is 18.1 Å². The Morgan fingerprint density at radius 2 is 1.67 bits per heavy atom. The van der Waals surface area contributed by atoms with Crippen LogP contribution in [0.25, 0.3) is 11.8 Å². The number of benzene rings is 2. The van der Waals surface area contributed by atoms with Crippen molar-refractivity contribution >= 4 is 17.5 Å². The molecule has 0 bridgehead atoms. The van der Waals surface area contributed by atoms with Gasteiger partial charge in [0, 0.05) is 11.4 Å². The summed E-state index contributed by atoms with van der Waals surface area (Å²) >= 11 is 0. The van der Waals surface area contributed by atoms with Crippen molar-refractivity contribution in [3.63, 3.8) is 0 Å². The highest BCUT2D eigenvalue weighted by atomic mass is 14.9. The fourth-order valence-corrected chi connectivity index (χ4v) is 1.76. The van der Waals surface area contributed by atoms with Gasteiger partial charge in [-0.15, -0.1) is 0 Å². The van der Waals surface area contributed by atoms with E-state index in [9.17, 15) is 0 Å². The molecule has 1 nitrogen and oxygen atoms in total. The predicted molar refractivity (Wildman–Crippen MR) is 80.2 cm³/mol. The number of allylic oxidation sites excluding steroid dienone is 1. The molecule has 1 heteroatoms. The molecule has 0 aliphatic heterocycles. The molecule has 0 heterocycles. The van der Waals surface area contributed by atoms with Gasteiger partial charge in [-0.3, -0.25) is 0 Å². The molecule has 90 valence electrons. The van der Waals surface area contributed by atoms with Crippen LogP contribution in [-0.2, 0) is 0 Å². The van der Waals surface area contributed by atoms with Gasteiger partial charge in [-0.1, -0.05) is 61.2 Å². The first-order chi connectivity index (χ1) is 8.79. The Labute approximate surface area is 108 Å². The van der Waals surface area contributed by atoms with Crippen molar-refractivity contribution in [2.24, 2.45) is 0 Å². The van der Waals surface area contributed by atoms with E-state index < -0.39 is 0 Å². The van der Waals surface area contributed by atoms with Crippen LogP contribution < -0.4 is 5.32 Å². The maximum Gasteiger partial charge on any atom is 0.0384 e. The van der Waals surface area contributed by atoms with Gasteiger partial charge in [0.05, 0.1) is 0 Å². The van der Waals surface area contributed by atoms with Gasteiger partial charge >= 0.3 is 0 Å². The standard InChI is InChI=1S/C17H17N/c1-3-7-15-10-12-17(13-11-15)18-14(2)16-8-5-4-6-9-16/h3-13,18H,2H2,1H3/b7-3+. The van der Waals surface area contributed by atoms with Gasteiger partial charge in [0.15, 0.2) is 0 Å². The van der Waals surface area contributed by atoms with E-state index in [2.05, 4.69) is 42.2 Å². The summed E-state index contributed by atoms with van der Waals surface area (Å²) in [5, 5.41) is 3.31. The first kappa shape index (κ1) is 12.2. The number of hydrogen-bond acceptors (Lipinski definition) is 1. The van der Waals surface area contributed by atoms with Crippen LogP contribution in [-0.4, -0.2) is 0 Å². The summed E-state index contributed by atoms with van der Waals surface area (Å²) in [5.41, 5.74) is 4.27. The molecule has 1 N–H and O–H groups in total. The van der Waals surface area contributed by atoms with Crippen LogP contribution in [0, 0.1) is 0 Å². The lowest BCUT2D eigenvalue weighted by molar-refractivity contribution is 1.53. The second kappa shape index (κ2) is 5.87. The molecule has 0 aliphatic carbocycles. The van der Waals surface area contributed by atoms with Gasteiger partial charge in [0.25, 0.3) is 0 Å². The lowest BCUT2D eigenvalue weighted by Gasteiger charge is -2.09. The zero-order valence-corrected chi connectivity index (χ0v) is 10.6. The molecule has 18 heavy (non-hydrogen) atoms. The van der Waals surface area contributed by atoms with Crippen molar-refractivity contribution in [3.05, 3.63) is 78.4 Å². The van der Waals surface area contributed by atoms with Crippen molar-refractivity contribution in [1.82, 2.24) is 0 Å². The largest absolute Gasteiger partial charge is 0.356 e. The first-order valence-electron chi connectivity index (χ1n) is 6.03. The number of rotatable bonds is 4. The molecule has 0 amide bonds. The smallest absolute Gasteiger partial charge is 0.0384 e. The molecular weight excluding hydrogens is 218 g/mol. The Morgan fingerprint density at radius 3 is 2.28 bits per heavy atom. The fraction of sp³-hybridized carbons (Fsp3) is 0.0588. The maximum absolute atomic E-state index is 4.05. The molecule has 0 unspecified atom stereocenters. The Kier molecular flexibility index (Phi) is 3.98. The zero-order valence-electron chi connectivity index (χ0n) is 10.6. The second-order valence-electron chi connectivity index (χ2n) is 4.09. The number of anilines is 1. The average Bonchev–Trinajstić information content (AvgIpc) is 2.42. The Balaban J connectivity index is 2.08. The molecule has 0 atom stereocenters. The molecular formula is C17H17N. The van der Waals surface area contributed by atoms with Gasteiger partial charge in [0.1, 0.15) is 0 Å². The van der Waals surface area contributed by atoms with E-state index in [4.69, 9.17) is 0 Å². The second-order valence-corrected chi connectivity index (χ2v) is 4.09. The van der Waals surface area contributed by atoms with Crippen LogP contribution >= 0.6 is 0 Å². The van der Waals surface area contributed by atoms with Crippen LogP contribution in [0.2, 0.25) is 0 Å². The van der Waals surface area contributed by atoms with E-state index >= 15 is 0 Å². The normalized spacial score (nSPS) is 10.5. The number of hydrogen-bond donors (Lipinski definition) is 1. The highest BCUT2D eigenvalue weighted by molar-refractivity contribution is 5.75. The van der Waals surface area contributed by atoms with Gasteiger partial charge in [0.2, 0.25) is 0 Å². The molecule has 0 saturated carbocycles. The third-order valence-electron chi connectivity index (χ3n) is 2.69. The summed E-state index contributed by atoms with van der Waals surface area (Å²) in [6.07, 6.45) is 4.11. The topological polar surface area (TPSA) is 12.0 Å². The quantitative estimate of drug-likeness (QED) is 0.802. The Bertz CT molecular complexity index is 536. The SMILES string of the molecule is C=C(Nc1ccc(/C=C/C)cc1)c1ccccc1. The molecule has 0 aliphatic rings. The summed E-state index contributed by atoms with van der Waals surface area (Å²) in [7, 11) is 0. The maximum atomic E-state index is 4.05. The number of nitrogens with one attached hydrogen (secondary N) is 1. The van der Waals surface area contributed by atoms with E-state index in [0.717, 1.165) is 16.9 Å². The Hall–Kier alpha value is -2.28. The zero-order chi connectivity index (χ0) is 12.8. The molecule has 2 rings (SSSR count). The Morgan fingerprint density at radius 1 is 1.00 bits per heavy atom. The molecule has 0 saturated heterocycles. The summed E-state index contributed by atoms with van der Waals surface area (Å²) in [4.78, 5) is 0. The minimum absolute atomic E-state index is 0.911. The van der Waals surface area contributed by atoms with Crippen LogP contribution in [0.15, 0.2) is 67.3 Å². The fourth-order valence-electron chi connectivity index (χ4n) is 1.76.